The summed E-state index contributed by atoms with van der Waals surface area (Å²) >= 11 is 0. The smallest absolute Gasteiger partial charge is 0.230 e. The van der Waals surface area contributed by atoms with Gasteiger partial charge in [-0.2, -0.15) is 4.98 Å². The van der Waals surface area contributed by atoms with Gasteiger partial charge in [-0.25, -0.2) is 0 Å². The second-order valence-corrected chi connectivity index (χ2v) is 5.41. The molecule has 2 fully saturated rings. The first-order valence-corrected chi connectivity index (χ1v) is 6.31. The zero-order valence-corrected chi connectivity index (χ0v) is 9.72. The van der Waals surface area contributed by atoms with Gasteiger partial charge in [0.2, 0.25) is 5.89 Å². The van der Waals surface area contributed by atoms with E-state index in [0.717, 1.165) is 23.6 Å². The fourth-order valence-electron chi connectivity index (χ4n) is 3.25. The third-order valence-electron chi connectivity index (χ3n) is 4.31. The van der Waals surface area contributed by atoms with Crippen LogP contribution in [0.3, 0.4) is 0 Å². The van der Waals surface area contributed by atoms with Gasteiger partial charge < -0.3 is 10.3 Å². The molecule has 0 saturated heterocycles. The molecule has 0 aromatic carbocycles. The minimum atomic E-state index is 0.205. The van der Waals surface area contributed by atoms with Gasteiger partial charge >= 0.3 is 0 Å². The Kier molecular flexibility index (Phi) is 2.46. The lowest BCUT2D eigenvalue weighted by Crippen LogP contribution is -2.11. The molecule has 1 heterocycles. The first kappa shape index (κ1) is 10.3. The summed E-state index contributed by atoms with van der Waals surface area (Å²) in [6.45, 7) is 2.62. The van der Waals surface area contributed by atoms with Gasteiger partial charge in [-0.3, -0.25) is 0 Å². The summed E-state index contributed by atoms with van der Waals surface area (Å²) in [6.07, 6.45) is 5.37. The number of nitrogens with zero attached hydrogens (tertiary/aromatic N) is 2. The zero-order valence-electron chi connectivity index (χ0n) is 9.72. The van der Waals surface area contributed by atoms with Gasteiger partial charge in [0.1, 0.15) is 0 Å². The summed E-state index contributed by atoms with van der Waals surface area (Å²) in [4.78, 5) is 4.52. The van der Waals surface area contributed by atoms with Crippen LogP contribution in [0.25, 0.3) is 0 Å². The maximum atomic E-state index is 5.61. The summed E-state index contributed by atoms with van der Waals surface area (Å²) in [5, 5.41) is 4.05. The summed E-state index contributed by atoms with van der Waals surface area (Å²) in [7, 11) is 0. The van der Waals surface area contributed by atoms with Gasteiger partial charge in [0.15, 0.2) is 5.82 Å². The van der Waals surface area contributed by atoms with Crippen LogP contribution in [0.5, 0.6) is 0 Å². The van der Waals surface area contributed by atoms with Gasteiger partial charge in [0.25, 0.3) is 0 Å². The Morgan fingerprint density at radius 2 is 2.31 bits per heavy atom. The van der Waals surface area contributed by atoms with Crippen molar-refractivity contribution < 1.29 is 4.52 Å². The van der Waals surface area contributed by atoms with Gasteiger partial charge in [0, 0.05) is 18.4 Å². The largest absolute Gasteiger partial charge is 0.339 e. The van der Waals surface area contributed by atoms with E-state index in [4.69, 9.17) is 10.3 Å². The van der Waals surface area contributed by atoms with Gasteiger partial charge in [-0.1, -0.05) is 18.5 Å². The van der Waals surface area contributed by atoms with Crippen molar-refractivity contribution in [1.29, 1.82) is 0 Å². The summed E-state index contributed by atoms with van der Waals surface area (Å²) in [5.74, 6) is 4.09. The summed E-state index contributed by atoms with van der Waals surface area (Å²) in [6, 6.07) is 0. The summed E-state index contributed by atoms with van der Waals surface area (Å²) < 4.78 is 5.41. The third kappa shape index (κ3) is 1.56. The Labute approximate surface area is 95.6 Å². The molecule has 0 amide bonds. The van der Waals surface area contributed by atoms with Crippen LogP contribution in [-0.2, 0) is 0 Å². The van der Waals surface area contributed by atoms with Crippen LogP contribution in [0, 0.1) is 11.8 Å². The Morgan fingerprint density at radius 1 is 1.44 bits per heavy atom. The monoisotopic (exact) mass is 221 g/mol. The van der Waals surface area contributed by atoms with Crippen LogP contribution < -0.4 is 5.73 Å². The molecule has 1 aromatic rings. The fourth-order valence-corrected chi connectivity index (χ4v) is 3.25. The number of hydrogen-bond acceptors (Lipinski definition) is 4. The van der Waals surface area contributed by atoms with E-state index in [9.17, 15) is 0 Å². The van der Waals surface area contributed by atoms with Crippen molar-refractivity contribution in [3.8, 4) is 0 Å². The zero-order chi connectivity index (χ0) is 11.1. The Bertz CT molecular complexity index is 376. The maximum absolute atomic E-state index is 5.61. The van der Waals surface area contributed by atoms with Crippen molar-refractivity contribution in [1.82, 2.24) is 10.1 Å². The fraction of sp³-hybridized carbons (Fsp3) is 0.833. The molecule has 0 radical (unpaired) electrons. The van der Waals surface area contributed by atoms with Gasteiger partial charge in [-0.15, -0.1) is 0 Å². The first-order valence-electron chi connectivity index (χ1n) is 6.31. The predicted octanol–water partition coefficient (Wildman–Crippen LogP) is 2.04. The van der Waals surface area contributed by atoms with Gasteiger partial charge in [0.05, 0.1) is 0 Å². The molecule has 0 spiro atoms. The lowest BCUT2D eigenvalue weighted by atomic mass is 9.89. The lowest BCUT2D eigenvalue weighted by molar-refractivity contribution is 0.300. The molecule has 2 bridgehead atoms. The molecule has 3 rings (SSSR count). The molecule has 4 atom stereocenters. The number of fused-ring (bicyclic) bond motifs is 2. The molecule has 4 heteroatoms. The first-order chi connectivity index (χ1) is 7.78. The van der Waals surface area contributed by atoms with Crippen LogP contribution in [0.1, 0.15) is 56.2 Å². The molecule has 0 aliphatic heterocycles. The highest BCUT2D eigenvalue weighted by Gasteiger charge is 2.42. The highest BCUT2D eigenvalue weighted by Crippen LogP contribution is 2.52. The number of aromatic nitrogens is 2. The molecule has 88 valence electrons. The minimum absolute atomic E-state index is 0.205. The number of nitrogens with two attached hydrogens (primary N) is 1. The van der Waals surface area contributed by atoms with E-state index in [-0.39, 0.29) is 5.92 Å². The van der Waals surface area contributed by atoms with Crippen LogP contribution in [-0.4, -0.2) is 16.7 Å². The highest BCUT2D eigenvalue weighted by molar-refractivity contribution is 5.06. The lowest BCUT2D eigenvalue weighted by Gasteiger charge is -2.17. The summed E-state index contributed by atoms with van der Waals surface area (Å²) in [5.41, 5.74) is 5.61. The van der Waals surface area contributed by atoms with Gasteiger partial charge in [-0.05, 0) is 31.1 Å². The minimum Gasteiger partial charge on any atom is -0.339 e. The molecule has 16 heavy (non-hydrogen) atoms. The van der Waals surface area contributed by atoms with Crippen LogP contribution in [0.15, 0.2) is 4.52 Å². The van der Waals surface area contributed by atoms with Crippen molar-refractivity contribution in [2.45, 2.75) is 44.4 Å². The van der Waals surface area contributed by atoms with Crippen LogP contribution >= 0.6 is 0 Å². The third-order valence-corrected chi connectivity index (χ3v) is 4.31. The van der Waals surface area contributed by atoms with E-state index >= 15 is 0 Å². The molecule has 2 N–H and O–H groups in total. The highest BCUT2D eigenvalue weighted by atomic mass is 16.5. The molecular weight excluding hydrogens is 202 g/mol. The Hall–Kier alpha value is -0.900. The predicted molar refractivity (Wildman–Crippen MR) is 60.0 cm³/mol. The molecule has 4 nitrogen and oxygen atoms in total. The van der Waals surface area contributed by atoms with E-state index in [1.54, 1.807) is 0 Å². The van der Waals surface area contributed by atoms with Crippen molar-refractivity contribution in [2.75, 3.05) is 6.54 Å². The number of rotatable bonds is 3. The SMILES string of the molecule is CC(CN)c1noc(C2CC3CCC2C3)n1. The topological polar surface area (TPSA) is 64.9 Å². The van der Waals surface area contributed by atoms with E-state index in [0.29, 0.717) is 12.5 Å². The van der Waals surface area contributed by atoms with Crippen molar-refractivity contribution in [3.05, 3.63) is 11.7 Å². The van der Waals surface area contributed by atoms with Crippen molar-refractivity contribution in [2.24, 2.45) is 17.6 Å². The average Bonchev–Trinajstić information content (AvgIpc) is 3.02. The number of hydrogen-bond donors (Lipinski definition) is 1. The van der Waals surface area contributed by atoms with E-state index in [1.807, 2.05) is 6.92 Å². The van der Waals surface area contributed by atoms with E-state index < -0.39 is 0 Å². The Morgan fingerprint density at radius 3 is 2.94 bits per heavy atom. The second kappa shape index (κ2) is 3.84. The Balaban J connectivity index is 1.77. The standard InChI is InChI=1S/C12H19N3O/c1-7(6-13)11-14-12(16-15-11)10-5-8-2-3-9(10)4-8/h7-10H,2-6,13H2,1H3. The normalized spacial score (nSPS) is 34.5. The average molecular weight is 221 g/mol. The quantitative estimate of drug-likeness (QED) is 0.848. The molecule has 2 aliphatic rings. The molecule has 1 aromatic heterocycles. The maximum Gasteiger partial charge on any atom is 0.230 e. The molecule has 2 saturated carbocycles. The van der Waals surface area contributed by atoms with E-state index in [2.05, 4.69) is 10.1 Å². The molecule has 4 unspecified atom stereocenters. The van der Waals surface area contributed by atoms with Crippen molar-refractivity contribution >= 4 is 0 Å². The van der Waals surface area contributed by atoms with Crippen LogP contribution in [0.2, 0.25) is 0 Å². The van der Waals surface area contributed by atoms with E-state index in [1.165, 1.54) is 25.7 Å². The van der Waals surface area contributed by atoms with Crippen molar-refractivity contribution in [3.63, 3.8) is 0 Å². The molecular formula is C12H19N3O. The molecule has 2 aliphatic carbocycles. The second-order valence-electron chi connectivity index (χ2n) is 5.41. The van der Waals surface area contributed by atoms with Crippen LogP contribution in [0.4, 0.5) is 0 Å².